The summed E-state index contributed by atoms with van der Waals surface area (Å²) in [6, 6.07) is 11.3. The van der Waals surface area contributed by atoms with Crippen LogP contribution in [0.4, 0.5) is 0 Å². The Morgan fingerprint density at radius 2 is 2.19 bits per heavy atom. The highest BCUT2D eigenvalue weighted by atomic mass is 16.5. The van der Waals surface area contributed by atoms with E-state index in [-0.39, 0.29) is 5.97 Å². The maximum atomic E-state index is 11.7. The molecule has 4 nitrogen and oxygen atoms in total. The molecule has 0 saturated carbocycles. The molecule has 4 heteroatoms. The molecule has 0 spiro atoms. The lowest BCUT2D eigenvalue weighted by Gasteiger charge is -2.13. The monoisotopic (exact) mass is 282 g/mol. The number of nitrogens with zero attached hydrogens (tertiary/aromatic N) is 2. The largest absolute Gasteiger partial charge is 0.465 e. The third-order valence-corrected chi connectivity index (χ3v) is 3.43. The number of nitriles is 1. The normalized spacial score (nSPS) is 10.1. The van der Waals surface area contributed by atoms with Crippen LogP contribution in [0.2, 0.25) is 0 Å². The third-order valence-electron chi connectivity index (χ3n) is 3.43. The van der Waals surface area contributed by atoms with Gasteiger partial charge in [0.25, 0.3) is 0 Å². The maximum Gasteiger partial charge on any atom is 0.337 e. The van der Waals surface area contributed by atoms with Crippen LogP contribution in [0, 0.1) is 11.3 Å². The van der Waals surface area contributed by atoms with E-state index in [2.05, 4.69) is 13.0 Å². The quantitative estimate of drug-likeness (QED) is 0.789. The number of hydrogen-bond donors (Lipinski definition) is 0. The van der Waals surface area contributed by atoms with Gasteiger partial charge in [-0.15, -0.1) is 0 Å². The third kappa shape index (κ3) is 3.14. The van der Waals surface area contributed by atoms with E-state index in [4.69, 9.17) is 4.74 Å². The number of benzene rings is 1. The fourth-order valence-electron chi connectivity index (χ4n) is 2.29. The van der Waals surface area contributed by atoms with Gasteiger partial charge in [0.05, 0.1) is 18.4 Å². The van der Waals surface area contributed by atoms with E-state index in [1.165, 1.54) is 7.11 Å². The number of rotatable bonds is 5. The van der Waals surface area contributed by atoms with Gasteiger partial charge in [0.15, 0.2) is 0 Å². The fraction of sp³-hybridized carbons (Fsp3) is 0.294. The van der Waals surface area contributed by atoms with E-state index in [0.717, 1.165) is 30.5 Å². The van der Waals surface area contributed by atoms with Crippen LogP contribution in [0.1, 0.15) is 41.4 Å². The van der Waals surface area contributed by atoms with Crippen LogP contribution in [0.25, 0.3) is 5.69 Å². The molecule has 0 aliphatic heterocycles. The molecule has 2 aromatic rings. The van der Waals surface area contributed by atoms with Gasteiger partial charge in [-0.3, -0.25) is 0 Å². The lowest BCUT2D eigenvalue weighted by molar-refractivity contribution is 0.0600. The van der Waals surface area contributed by atoms with Crippen LogP contribution in [0.15, 0.2) is 36.5 Å². The zero-order chi connectivity index (χ0) is 15.2. The maximum absolute atomic E-state index is 11.7. The number of unbranched alkanes of at least 4 members (excludes halogenated alkanes) is 1. The zero-order valence-electron chi connectivity index (χ0n) is 12.3. The number of aryl methyl sites for hydroxylation is 1. The van der Waals surface area contributed by atoms with E-state index < -0.39 is 0 Å². The first kappa shape index (κ1) is 14.9. The summed E-state index contributed by atoms with van der Waals surface area (Å²) in [6.45, 7) is 2.14. The smallest absolute Gasteiger partial charge is 0.337 e. The first-order valence-corrected chi connectivity index (χ1v) is 7.00. The number of hydrogen-bond acceptors (Lipinski definition) is 3. The van der Waals surface area contributed by atoms with E-state index in [1.54, 1.807) is 18.2 Å². The molecule has 1 heterocycles. The number of methoxy groups -OCH3 is 1. The van der Waals surface area contributed by atoms with Crippen molar-refractivity contribution in [1.82, 2.24) is 4.57 Å². The molecule has 1 aromatic heterocycles. The van der Waals surface area contributed by atoms with Crippen molar-refractivity contribution in [3.63, 3.8) is 0 Å². The highest BCUT2D eigenvalue weighted by Gasteiger charge is 2.12. The Morgan fingerprint density at radius 1 is 1.38 bits per heavy atom. The summed E-state index contributed by atoms with van der Waals surface area (Å²) in [4.78, 5) is 11.7. The Bertz CT molecular complexity index is 680. The average molecular weight is 282 g/mol. The predicted molar refractivity (Wildman–Crippen MR) is 80.4 cm³/mol. The van der Waals surface area contributed by atoms with Gasteiger partial charge in [-0.2, -0.15) is 5.26 Å². The summed E-state index contributed by atoms with van der Waals surface area (Å²) < 4.78 is 6.59. The molecule has 0 aliphatic rings. The lowest BCUT2D eigenvalue weighted by atomic mass is 10.0. The minimum absolute atomic E-state index is 0.371. The van der Waals surface area contributed by atoms with Crippen LogP contribution in [0.5, 0.6) is 0 Å². The molecule has 0 saturated heterocycles. The first-order chi connectivity index (χ1) is 10.2. The van der Waals surface area contributed by atoms with E-state index in [9.17, 15) is 10.1 Å². The van der Waals surface area contributed by atoms with Crippen molar-refractivity contribution < 1.29 is 9.53 Å². The molecule has 0 radical (unpaired) electrons. The van der Waals surface area contributed by atoms with Crippen molar-refractivity contribution in [3.05, 3.63) is 53.3 Å². The van der Waals surface area contributed by atoms with Gasteiger partial charge in [0.2, 0.25) is 0 Å². The standard InChI is InChI=1S/C17H18N2O2/c1-3-4-6-13-8-9-14(17(20)21-2)11-16(13)19-10-5-7-15(19)12-18/h5,7-11H,3-4,6H2,1-2H3. The minimum atomic E-state index is -0.371. The molecule has 0 bridgehead atoms. The molecular formula is C17H18N2O2. The number of ether oxygens (including phenoxy) is 1. The predicted octanol–water partition coefficient (Wildman–Crippen LogP) is 3.48. The molecule has 1 aromatic carbocycles. The van der Waals surface area contributed by atoms with Crippen molar-refractivity contribution in [2.24, 2.45) is 0 Å². The molecular weight excluding hydrogens is 264 g/mol. The molecule has 21 heavy (non-hydrogen) atoms. The summed E-state index contributed by atoms with van der Waals surface area (Å²) in [7, 11) is 1.36. The van der Waals surface area contributed by atoms with Crippen LogP contribution < -0.4 is 0 Å². The van der Waals surface area contributed by atoms with Crippen LogP contribution in [-0.4, -0.2) is 17.6 Å². The Morgan fingerprint density at radius 3 is 2.86 bits per heavy atom. The molecule has 0 amide bonds. The van der Waals surface area contributed by atoms with Gasteiger partial charge in [0.1, 0.15) is 11.8 Å². The second kappa shape index (κ2) is 6.76. The molecule has 0 atom stereocenters. The fourth-order valence-corrected chi connectivity index (χ4v) is 2.29. The molecule has 108 valence electrons. The van der Waals surface area contributed by atoms with Gasteiger partial charge < -0.3 is 9.30 Å². The molecule has 2 rings (SSSR count). The first-order valence-electron chi connectivity index (χ1n) is 7.00. The number of carbonyl (C=O) groups excluding carboxylic acids is 1. The Labute approximate surface area is 124 Å². The Kier molecular flexibility index (Phi) is 4.78. The highest BCUT2D eigenvalue weighted by molar-refractivity contribution is 5.90. The van der Waals surface area contributed by atoms with Crippen molar-refractivity contribution in [2.75, 3.05) is 7.11 Å². The Balaban J connectivity index is 2.53. The zero-order valence-corrected chi connectivity index (χ0v) is 12.3. The Hall–Kier alpha value is -2.54. The average Bonchev–Trinajstić information content (AvgIpc) is 3.00. The van der Waals surface area contributed by atoms with Crippen molar-refractivity contribution >= 4 is 5.97 Å². The van der Waals surface area contributed by atoms with Crippen molar-refractivity contribution in [2.45, 2.75) is 26.2 Å². The highest BCUT2D eigenvalue weighted by Crippen LogP contribution is 2.22. The summed E-state index contributed by atoms with van der Waals surface area (Å²) in [5, 5.41) is 9.20. The molecule has 0 unspecified atom stereocenters. The second-order valence-electron chi connectivity index (χ2n) is 4.81. The molecule has 0 aliphatic carbocycles. The summed E-state index contributed by atoms with van der Waals surface area (Å²) in [6.07, 6.45) is 4.91. The SMILES string of the molecule is CCCCc1ccc(C(=O)OC)cc1-n1cccc1C#N. The van der Waals surface area contributed by atoms with Gasteiger partial charge in [-0.25, -0.2) is 4.79 Å². The van der Waals surface area contributed by atoms with Gasteiger partial charge >= 0.3 is 5.97 Å². The van der Waals surface area contributed by atoms with Gasteiger partial charge in [-0.1, -0.05) is 19.4 Å². The van der Waals surface area contributed by atoms with E-state index in [1.807, 2.05) is 22.9 Å². The number of carbonyl (C=O) groups is 1. The van der Waals surface area contributed by atoms with E-state index in [0.29, 0.717) is 11.3 Å². The second-order valence-corrected chi connectivity index (χ2v) is 4.81. The van der Waals surface area contributed by atoms with Gasteiger partial charge in [-0.05, 0) is 42.7 Å². The topological polar surface area (TPSA) is 55.0 Å². The van der Waals surface area contributed by atoms with Crippen LogP contribution in [-0.2, 0) is 11.2 Å². The van der Waals surface area contributed by atoms with Crippen molar-refractivity contribution in [1.29, 1.82) is 5.26 Å². The number of aromatic nitrogens is 1. The summed E-state index contributed by atoms with van der Waals surface area (Å²) in [5.74, 6) is -0.371. The molecule has 0 N–H and O–H groups in total. The lowest BCUT2D eigenvalue weighted by Crippen LogP contribution is -2.06. The van der Waals surface area contributed by atoms with Crippen LogP contribution in [0.3, 0.4) is 0 Å². The molecule has 0 fully saturated rings. The minimum Gasteiger partial charge on any atom is -0.465 e. The summed E-state index contributed by atoms with van der Waals surface area (Å²) in [5.41, 5.74) is 3.03. The van der Waals surface area contributed by atoms with Gasteiger partial charge in [0, 0.05) is 6.20 Å². The van der Waals surface area contributed by atoms with Crippen LogP contribution >= 0.6 is 0 Å². The van der Waals surface area contributed by atoms with Crippen molar-refractivity contribution in [3.8, 4) is 11.8 Å². The summed E-state index contributed by atoms with van der Waals surface area (Å²) >= 11 is 0. The van der Waals surface area contributed by atoms with E-state index >= 15 is 0 Å². The number of esters is 1.